The van der Waals surface area contributed by atoms with E-state index < -0.39 is 7.94 Å². The van der Waals surface area contributed by atoms with Gasteiger partial charge in [-0.05, 0) is 18.2 Å². The molecule has 0 atom stereocenters. The number of rotatable bonds is 1. The maximum absolute atomic E-state index is 10.5. The molecule has 0 aliphatic rings. The van der Waals surface area contributed by atoms with Crippen molar-refractivity contribution in [1.29, 1.82) is 0 Å². The zero-order valence-electron chi connectivity index (χ0n) is 6.37. The fourth-order valence-corrected chi connectivity index (χ4v) is 1.97. The maximum atomic E-state index is 10.5. The van der Waals surface area contributed by atoms with Gasteiger partial charge in [-0.25, -0.2) is 0 Å². The Balaban J connectivity index is 0.00000144. The van der Waals surface area contributed by atoms with Gasteiger partial charge in [0, 0.05) is 10.0 Å². The van der Waals surface area contributed by atoms with Gasteiger partial charge in [-0.2, -0.15) is 0 Å². The molecule has 0 fully saturated rings. The Morgan fingerprint density at radius 3 is 1.62 bits per heavy atom. The average Bonchev–Trinajstić information content (AvgIpc) is 1.82. The van der Waals surface area contributed by atoms with E-state index in [1.807, 2.05) is 0 Å². The van der Waals surface area contributed by atoms with Crippen molar-refractivity contribution >= 4 is 74.2 Å². The molecule has 0 aliphatic heterocycles. The van der Waals surface area contributed by atoms with Gasteiger partial charge in [0.05, 0.1) is 5.30 Å². The molecule has 0 N–H and O–H groups in total. The molecule has 0 radical (unpaired) electrons. The van der Waals surface area contributed by atoms with E-state index in [0.717, 1.165) is 12.1 Å². The Bertz CT molecular complexity index is 282. The van der Waals surface area contributed by atoms with Crippen LogP contribution >= 0.6 is 31.1 Å². The van der Waals surface area contributed by atoms with E-state index in [9.17, 15) is 14.7 Å². The van der Waals surface area contributed by atoms with E-state index in [4.69, 9.17) is 23.2 Å². The summed E-state index contributed by atoms with van der Waals surface area (Å²) in [5, 5.41) is -0.131. The molecule has 1 aromatic carbocycles. The van der Waals surface area contributed by atoms with E-state index in [1.165, 1.54) is 6.07 Å². The van der Waals surface area contributed by atoms with E-state index in [-0.39, 0.29) is 53.1 Å². The molecule has 7 heteroatoms. The molecule has 1 aromatic rings. The van der Waals surface area contributed by atoms with Crippen LogP contribution in [0, 0.1) is 0 Å². The third-order valence-electron chi connectivity index (χ3n) is 1.16. The minimum atomic E-state index is -4.74. The molecule has 0 spiro atoms. The van der Waals surface area contributed by atoms with E-state index in [2.05, 4.69) is 0 Å². The Labute approximate surface area is 116 Å². The van der Waals surface area contributed by atoms with Crippen LogP contribution < -0.4 is 20.0 Å². The van der Waals surface area contributed by atoms with Crippen LogP contribution in [0.15, 0.2) is 18.2 Å². The topological polar surface area (TPSA) is 69.2 Å². The normalized spacial score (nSPS) is 10.8. The summed E-state index contributed by atoms with van der Waals surface area (Å²) in [6, 6.07) is 3.48. The second kappa shape index (κ2) is 5.45. The SMILES string of the molecule is [Ca+2].[O-][P+]([O-])([O-])c1cc(Cl)cc(Cl)c1. The molecule has 66 valence electrons. The maximum Gasteiger partial charge on any atom is 2.00 e. The monoisotopic (exact) mass is 264 g/mol. The Morgan fingerprint density at radius 2 is 1.31 bits per heavy atom. The van der Waals surface area contributed by atoms with Gasteiger partial charge in [0.15, 0.2) is 0 Å². The first-order chi connectivity index (χ1) is 5.39. The van der Waals surface area contributed by atoms with Crippen LogP contribution in [0.1, 0.15) is 0 Å². The summed E-state index contributed by atoms with van der Waals surface area (Å²) >= 11 is 10.9. The number of hydrogen-bond acceptors (Lipinski definition) is 3. The van der Waals surface area contributed by atoms with Gasteiger partial charge < -0.3 is 14.7 Å². The quantitative estimate of drug-likeness (QED) is 0.487. The smallest absolute Gasteiger partial charge is 0.683 e. The average molecular weight is 265 g/mol. The zero-order valence-corrected chi connectivity index (χ0v) is 11.0. The number of benzene rings is 1. The summed E-state index contributed by atoms with van der Waals surface area (Å²) in [4.78, 5) is 31.5. The second-order valence-corrected chi connectivity index (χ2v) is 4.51. The molecular weight excluding hydrogens is 262 g/mol. The van der Waals surface area contributed by atoms with Crippen molar-refractivity contribution in [2.24, 2.45) is 0 Å². The first kappa shape index (κ1) is 14.4. The summed E-state index contributed by atoms with van der Waals surface area (Å²) in [5.41, 5.74) is 0. The third-order valence-corrected chi connectivity index (χ3v) is 2.49. The van der Waals surface area contributed by atoms with E-state index in [1.54, 1.807) is 0 Å². The Hall–Kier alpha value is 1.37. The van der Waals surface area contributed by atoms with E-state index in [0.29, 0.717) is 0 Å². The molecule has 3 nitrogen and oxygen atoms in total. The summed E-state index contributed by atoms with van der Waals surface area (Å²) in [5.74, 6) is 0. The fraction of sp³-hybridized carbons (Fsp3) is 0. The fourth-order valence-electron chi connectivity index (χ4n) is 0.697. The summed E-state index contributed by atoms with van der Waals surface area (Å²) in [7, 11) is -4.74. The second-order valence-electron chi connectivity index (χ2n) is 2.13. The first-order valence-corrected chi connectivity index (χ1v) is 5.18. The number of hydrogen-bond donors (Lipinski definition) is 0. The first-order valence-electron chi connectivity index (χ1n) is 2.88. The van der Waals surface area contributed by atoms with Gasteiger partial charge >= 0.3 is 37.7 Å². The zero-order chi connectivity index (χ0) is 9.35. The van der Waals surface area contributed by atoms with Gasteiger partial charge in [0.25, 0.3) is 0 Å². The third kappa shape index (κ3) is 4.61. The van der Waals surface area contributed by atoms with Crippen LogP contribution in [-0.4, -0.2) is 37.7 Å². The predicted molar refractivity (Wildman–Crippen MR) is 48.8 cm³/mol. The molecule has 0 unspecified atom stereocenters. The van der Waals surface area contributed by atoms with Crippen LogP contribution in [0.3, 0.4) is 0 Å². The van der Waals surface area contributed by atoms with Gasteiger partial charge in [-0.3, -0.25) is 0 Å². The van der Waals surface area contributed by atoms with Crippen LogP contribution in [0.2, 0.25) is 10.0 Å². The minimum absolute atomic E-state index is 0. The largest absolute Gasteiger partial charge is 2.00 e. The van der Waals surface area contributed by atoms with Gasteiger partial charge in [-0.1, -0.05) is 23.2 Å². The standard InChI is InChI=1S/C6H5Cl2O3P.Ca/c7-4-1-5(8)3-6(2-4)12(9,10)11;/h1-3H,(H2,9,10,11);/q;+2/p-2. The van der Waals surface area contributed by atoms with Gasteiger partial charge in [-0.15, -0.1) is 7.94 Å². The molecule has 0 saturated heterocycles. The van der Waals surface area contributed by atoms with E-state index >= 15 is 0 Å². The molecule has 1 rings (SSSR count). The van der Waals surface area contributed by atoms with Crippen LogP contribution in [0.5, 0.6) is 0 Å². The van der Waals surface area contributed by atoms with Crippen LogP contribution in [0.25, 0.3) is 0 Å². The molecule has 0 aromatic heterocycles. The van der Waals surface area contributed by atoms with Crippen molar-refractivity contribution in [3.05, 3.63) is 28.2 Å². The van der Waals surface area contributed by atoms with Crippen molar-refractivity contribution in [3.8, 4) is 0 Å². The van der Waals surface area contributed by atoms with Crippen molar-refractivity contribution in [3.63, 3.8) is 0 Å². The summed E-state index contributed by atoms with van der Waals surface area (Å²) in [6.07, 6.45) is 0. The van der Waals surface area contributed by atoms with Crippen molar-refractivity contribution in [2.45, 2.75) is 0 Å². The van der Waals surface area contributed by atoms with Crippen molar-refractivity contribution in [2.75, 3.05) is 0 Å². The van der Waals surface area contributed by atoms with Crippen molar-refractivity contribution in [1.82, 2.24) is 0 Å². The summed E-state index contributed by atoms with van der Waals surface area (Å²) < 4.78 is 0. The van der Waals surface area contributed by atoms with Crippen LogP contribution in [-0.2, 0) is 0 Å². The molecule has 0 saturated carbocycles. The number of halogens is 2. The minimum Gasteiger partial charge on any atom is -0.683 e. The van der Waals surface area contributed by atoms with Gasteiger partial charge in [0.1, 0.15) is 0 Å². The Morgan fingerprint density at radius 1 is 0.923 bits per heavy atom. The molecular formula is C6H3CaCl2O3P. The molecule has 0 bridgehead atoms. The molecule has 0 heterocycles. The molecule has 0 amide bonds. The predicted octanol–water partition coefficient (Wildman–Crippen LogP) is -0.919. The van der Waals surface area contributed by atoms with Gasteiger partial charge in [0.2, 0.25) is 0 Å². The summed E-state index contributed by atoms with van der Waals surface area (Å²) in [6.45, 7) is 0. The Kier molecular flexibility index (Phi) is 6.03. The van der Waals surface area contributed by atoms with Crippen LogP contribution in [0.4, 0.5) is 0 Å². The molecule has 13 heavy (non-hydrogen) atoms. The molecule has 0 aliphatic carbocycles. The van der Waals surface area contributed by atoms with Crippen molar-refractivity contribution < 1.29 is 14.7 Å².